The van der Waals surface area contributed by atoms with Gasteiger partial charge in [0.25, 0.3) is 0 Å². The maximum Gasteiger partial charge on any atom is 0.0577 e. The Hall–Kier alpha value is -0.630. The van der Waals surface area contributed by atoms with Crippen molar-refractivity contribution in [2.24, 2.45) is 39.5 Å². The summed E-state index contributed by atoms with van der Waals surface area (Å²) in [5.74, 6) is 3.30. The largest absolute Gasteiger partial charge is 0.393 e. The quantitative estimate of drug-likeness (QED) is 0.528. The Labute approximate surface area is 154 Å². The molecule has 0 aromatic rings. The summed E-state index contributed by atoms with van der Waals surface area (Å²) in [4.78, 5) is 4.81. The third-order valence-corrected chi connectivity index (χ3v) is 8.99. The summed E-state index contributed by atoms with van der Waals surface area (Å²) >= 11 is 0. The lowest BCUT2D eigenvalue weighted by Gasteiger charge is -2.58. The van der Waals surface area contributed by atoms with Crippen LogP contribution < -0.4 is 0 Å². The number of aliphatic hydroxyl groups is 1. The molecule has 3 saturated carbocycles. The van der Waals surface area contributed by atoms with Crippen molar-refractivity contribution in [3.05, 3.63) is 11.6 Å². The second kappa shape index (κ2) is 6.22. The Balaban J connectivity index is 1.63. The summed E-state index contributed by atoms with van der Waals surface area (Å²) in [5.41, 5.74) is 3.85. The summed E-state index contributed by atoms with van der Waals surface area (Å²) < 4.78 is 0. The average Bonchev–Trinajstić information content (AvgIpc) is 2.93. The molecule has 2 nitrogen and oxygen atoms in total. The molecule has 0 unspecified atom stereocenters. The molecule has 0 aromatic carbocycles. The molecule has 0 spiro atoms. The van der Waals surface area contributed by atoms with E-state index in [0.29, 0.717) is 16.7 Å². The highest BCUT2D eigenvalue weighted by Crippen LogP contribution is 2.66. The predicted octanol–water partition coefficient (Wildman–Crippen LogP) is 5.41. The lowest BCUT2D eigenvalue weighted by atomic mass is 9.47. The molecule has 0 radical (unpaired) electrons. The monoisotopic (exact) mass is 343 g/mol. The van der Waals surface area contributed by atoms with Crippen LogP contribution in [0.1, 0.15) is 79.1 Å². The third-order valence-electron chi connectivity index (χ3n) is 8.99. The van der Waals surface area contributed by atoms with Gasteiger partial charge in [-0.1, -0.05) is 25.5 Å². The molecule has 2 heteroatoms. The van der Waals surface area contributed by atoms with Crippen molar-refractivity contribution < 1.29 is 5.11 Å². The Bertz CT molecular complexity index is 593. The molecule has 4 rings (SSSR count). The van der Waals surface area contributed by atoms with Crippen molar-refractivity contribution in [2.45, 2.75) is 85.2 Å². The van der Waals surface area contributed by atoms with Gasteiger partial charge in [0.05, 0.1) is 6.10 Å². The van der Waals surface area contributed by atoms with Crippen molar-refractivity contribution in [3.8, 4) is 0 Å². The number of nitrogens with zero attached hydrogens (tertiary/aromatic N) is 1. The zero-order valence-corrected chi connectivity index (χ0v) is 16.7. The second-order valence-electron chi connectivity index (χ2n) is 9.95. The van der Waals surface area contributed by atoms with Gasteiger partial charge in [-0.3, -0.25) is 4.99 Å². The van der Waals surface area contributed by atoms with Crippen molar-refractivity contribution >= 4 is 5.71 Å². The van der Waals surface area contributed by atoms with Crippen LogP contribution in [-0.2, 0) is 0 Å². The van der Waals surface area contributed by atoms with Crippen LogP contribution in [0.4, 0.5) is 0 Å². The summed E-state index contributed by atoms with van der Waals surface area (Å²) in [6.45, 7) is 10.5. The van der Waals surface area contributed by atoms with Crippen LogP contribution in [0.15, 0.2) is 16.6 Å². The second-order valence-corrected chi connectivity index (χ2v) is 9.95. The van der Waals surface area contributed by atoms with E-state index in [2.05, 4.69) is 33.8 Å². The fraction of sp³-hybridized carbons (Fsp3) is 0.870. The fourth-order valence-electron chi connectivity index (χ4n) is 7.69. The molecule has 140 valence electrons. The summed E-state index contributed by atoms with van der Waals surface area (Å²) in [7, 11) is 0. The number of fused-ring (bicyclic) bond motifs is 5. The molecule has 0 aliphatic heterocycles. The van der Waals surface area contributed by atoms with Gasteiger partial charge in [-0.15, -0.1) is 0 Å². The minimum Gasteiger partial charge on any atom is -0.393 e. The van der Waals surface area contributed by atoms with Gasteiger partial charge in [-0.25, -0.2) is 0 Å². The van der Waals surface area contributed by atoms with Crippen LogP contribution in [0.2, 0.25) is 0 Å². The van der Waals surface area contributed by atoms with Crippen molar-refractivity contribution in [2.75, 3.05) is 6.54 Å². The van der Waals surface area contributed by atoms with Crippen molar-refractivity contribution in [3.63, 3.8) is 0 Å². The smallest absolute Gasteiger partial charge is 0.0577 e. The lowest BCUT2D eigenvalue weighted by molar-refractivity contribution is -0.0423. The SMILES string of the molecule is CC/N=C(\C)[C@H]1CC[C@H]2[C@@H]3CC=C4C[C@H](O)CC[C@]4(C)[C@H]3CC[C@]12C. The molecule has 1 N–H and O–H groups in total. The van der Waals surface area contributed by atoms with Gasteiger partial charge < -0.3 is 5.11 Å². The standard InChI is InChI=1S/C23H37NO/c1-5-24-15(2)19-8-9-20-18-7-6-16-14-17(25)10-12-22(16,3)21(18)11-13-23(19,20)4/h6,17-21,25H,5,7-14H2,1-4H3/b24-15+/t17-,18+,19-,20+,21+,22+,23-/m1/s1. The van der Waals surface area contributed by atoms with Crippen molar-refractivity contribution in [1.29, 1.82) is 0 Å². The first-order valence-corrected chi connectivity index (χ1v) is 10.8. The van der Waals surface area contributed by atoms with E-state index in [1.165, 1.54) is 44.2 Å². The van der Waals surface area contributed by atoms with E-state index in [-0.39, 0.29) is 6.10 Å². The van der Waals surface area contributed by atoms with Crippen LogP contribution in [0, 0.1) is 34.5 Å². The minimum absolute atomic E-state index is 0.0894. The summed E-state index contributed by atoms with van der Waals surface area (Å²) in [6, 6.07) is 0. The Morgan fingerprint density at radius 2 is 1.96 bits per heavy atom. The Kier molecular flexibility index (Phi) is 4.42. The fourth-order valence-corrected chi connectivity index (χ4v) is 7.69. The van der Waals surface area contributed by atoms with Gasteiger partial charge in [0.1, 0.15) is 0 Å². The molecule has 4 aliphatic rings. The van der Waals surface area contributed by atoms with E-state index >= 15 is 0 Å². The van der Waals surface area contributed by atoms with Gasteiger partial charge in [-0.05, 0) is 93.8 Å². The first kappa shape index (κ1) is 17.8. The number of allylic oxidation sites excluding steroid dienone is 1. The number of aliphatic hydroxyl groups excluding tert-OH is 1. The van der Waals surface area contributed by atoms with E-state index in [0.717, 1.165) is 37.1 Å². The Morgan fingerprint density at radius 3 is 2.72 bits per heavy atom. The van der Waals surface area contributed by atoms with Crippen molar-refractivity contribution in [1.82, 2.24) is 0 Å². The van der Waals surface area contributed by atoms with Gasteiger partial charge in [0, 0.05) is 18.2 Å². The molecule has 0 bridgehead atoms. The van der Waals surface area contributed by atoms with Gasteiger partial charge in [0.15, 0.2) is 0 Å². The van der Waals surface area contributed by atoms with Gasteiger partial charge in [-0.2, -0.15) is 0 Å². The lowest BCUT2D eigenvalue weighted by Crippen LogP contribution is -2.50. The van der Waals surface area contributed by atoms with E-state index in [1.54, 1.807) is 5.57 Å². The molecule has 4 aliphatic carbocycles. The van der Waals surface area contributed by atoms with E-state index < -0.39 is 0 Å². The molecule has 0 saturated heterocycles. The van der Waals surface area contributed by atoms with Crippen LogP contribution in [0.5, 0.6) is 0 Å². The normalized spacial score (nSPS) is 49.9. The average molecular weight is 344 g/mol. The number of hydrogen-bond donors (Lipinski definition) is 1. The number of rotatable bonds is 2. The highest BCUT2D eigenvalue weighted by molar-refractivity contribution is 5.85. The third kappa shape index (κ3) is 2.58. The summed E-state index contributed by atoms with van der Waals surface area (Å²) in [5, 5.41) is 10.1. The molecule has 3 fully saturated rings. The zero-order valence-electron chi connectivity index (χ0n) is 16.7. The van der Waals surface area contributed by atoms with Crippen LogP contribution in [0.25, 0.3) is 0 Å². The molecule has 0 aromatic heterocycles. The Morgan fingerprint density at radius 1 is 1.16 bits per heavy atom. The first-order valence-electron chi connectivity index (χ1n) is 10.8. The van der Waals surface area contributed by atoms with Crippen LogP contribution in [-0.4, -0.2) is 23.5 Å². The summed E-state index contributed by atoms with van der Waals surface area (Å²) in [6.07, 6.45) is 12.4. The van der Waals surface area contributed by atoms with E-state index in [1.807, 2.05) is 0 Å². The van der Waals surface area contributed by atoms with Gasteiger partial charge in [0.2, 0.25) is 0 Å². The highest BCUT2D eigenvalue weighted by Gasteiger charge is 2.58. The van der Waals surface area contributed by atoms with E-state index in [9.17, 15) is 5.11 Å². The highest BCUT2D eigenvalue weighted by atomic mass is 16.3. The molecule has 25 heavy (non-hydrogen) atoms. The van der Waals surface area contributed by atoms with Gasteiger partial charge >= 0.3 is 0 Å². The molecular formula is C23H37NO. The predicted molar refractivity (Wildman–Crippen MR) is 105 cm³/mol. The minimum atomic E-state index is -0.0894. The molecule has 7 atom stereocenters. The molecule has 0 heterocycles. The molecular weight excluding hydrogens is 306 g/mol. The number of hydrogen-bond acceptors (Lipinski definition) is 2. The topological polar surface area (TPSA) is 32.6 Å². The first-order chi connectivity index (χ1) is 11.9. The maximum absolute atomic E-state index is 10.1. The molecule has 0 amide bonds. The number of aliphatic imine (C=N–C) groups is 1. The zero-order chi connectivity index (χ0) is 17.8. The van der Waals surface area contributed by atoms with Crippen LogP contribution in [0.3, 0.4) is 0 Å². The maximum atomic E-state index is 10.1. The van der Waals surface area contributed by atoms with E-state index in [4.69, 9.17) is 4.99 Å². The van der Waals surface area contributed by atoms with Crippen LogP contribution >= 0.6 is 0 Å².